The van der Waals surface area contributed by atoms with Crippen molar-refractivity contribution in [3.8, 4) is 0 Å². The summed E-state index contributed by atoms with van der Waals surface area (Å²) < 4.78 is 0. The van der Waals surface area contributed by atoms with Crippen LogP contribution in [0.2, 0.25) is 0 Å². The average Bonchev–Trinajstić information content (AvgIpc) is 2.47. The predicted molar refractivity (Wildman–Crippen MR) is 96.6 cm³/mol. The molecule has 0 saturated carbocycles. The molecule has 0 aliphatic carbocycles. The number of benzene rings is 2. The Morgan fingerprint density at radius 3 is 1.70 bits per heavy atom. The predicted octanol–water partition coefficient (Wildman–Crippen LogP) is 4.07. The van der Waals surface area contributed by atoms with Crippen molar-refractivity contribution >= 4 is 46.9 Å². The zero-order chi connectivity index (χ0) is 13.3. The van der Waals surface area contributed by atoms with Crippen LogP contribution in [0.25, 0.3) is 0 Å². The van der Waals surface area contributed by atoms with Crippen LogP contribution >= 0.6 is 29.6 Å². The number of aliphatic imine (C=N–C) groups is 1. The molecule has 0 unspecified atom stereocenters. The van der Waals surface area contributed by atoms with Gasteiger partial charge in [-0.15, -0.1) is 17.0 Å². The Labute approximate surface area is 135 Å². The number of hydrogen-bond acceptors (Lipinski definition) is 2. The third-order valence-electron chi connectivity index (χ3n) is 2.44. The molecule has 0 aromatic heterocycles. The van der Waals surface area contributed by atoms with E-state index in [9.17, 15) is 0 Å². The minimum Gasteiger partial charge on any atom is -0.326 e. The lowest BCUT2D eigenvalue weighted by Crippen LogP contribution is -2.22. The maximum atomic E-state index is 4.45. The first-order chi connectivity index (χ1) is 9.38. The van der Waals surface area contributed by atoms with Gasteiger partial charge in [-0.1, -0.05) is 36.4 Å². The zero-order valence-corrected chi connectivity index (χ0v) is 13.6. The van der Waals surface area contributed by atoms with Gasteiger partial charge in [-0.3, -0.25) is 4.99 Å². The monoisotopic (exact) mass is 351 g/mol. The maximum absolute atomic E-state index is 4.45. The molecule has 20 heavy (non-hydrogen) atoms. The minimum absolute atomic E-state index is 0. The van der Waals surface area contributed by atoms with Crippen LogP contribution in [0.15, 0.2) is 65.7 Å². The Kier molecular flexibility index (Phi) is 7.84. The molecule has 0 aliphatic heterocycles. The molecule has 5 heteroatoms. The highest BCUT2D eigenvalue weighted by atomic mass is 79.9. The highest BCUT2D eigenvalue weighted by molar-refractivity contribution is 8.93. The second-order valence-electron chi connectivity index (χ2n) is 3.94. The van der Waals surface area contributed by atoms with Crippen LogP contribution in [0.4, 0.5) is 11.4 Å². The van der Waals surface area contributed by atoms with Crippen molar-refractivity contribution in [1.29, 1.82) is 0 Å². The lowest BCUT2D eigenvalue weighted by Gasteiger charge is -2.12. The highest BCUT2D eigenvalue weighted by Crippen LogP contribution is 2.09. The SMILES string of the molecule is Br.SCCN=C(Nc1ccccc1)Nc1ccccc1. The fourth-order valence-corrected chi connectivity index (χ4v) is 1.69. The molecule has 106 valence electrons. The van der Waals surface area contributed by atoms with Gasteiger partial charge in [0.15, 0.2) is 5.96 Å². The average molecular weight is 352 g/mol. The molecule has 0 saturated heterocycles. The lowest BCUT2D eigenvalue weighted by molar-refractivity contribution is 1.14. The molecule has 0 fully saturated rings. The number of anilines is 2. The van der Waals surface area contributed by atoms with E-state index in [2.05, 4.69) is 28.3 Å². The fraction of sp³-hybridized carbons (Fsp3) is 0.133. The van der Waals surface area contributed by atoms with E-state index in [1.807, 2.05) is 60.7 Å². The molecule has 0 bridgehead atoms. The van der Waals surface area contributed by atoms with Gasteiger partial charge in [0.1, 0.15) is 0 Å². The number of hydrogen-bond donors (Lipinski definition) is 3. The molecule has 2 aromatic carbocycles. The summed E-state index contributed by atoms with van der Waals surface area (Å²) in [5.41, 5.74) is 2.01. The topological polar surface area (TPSA) is 36.4 Å². The van der Waals surface area contributed by atoms with Crippen LogP contribution < -0.4 is 10.6 Å². The number of nitrogens with zero attached hydrogens (tertiary/aromatic N) is 1. The largest absolute Gasteiger partial charge is 0.326 e. The van der Waals surface area contributed by atoms with E-state index in [0.29, 0.717) is 6.54 Å². The Bertz CT molecular complexity index is 474. The lowest BCUT2D eigenvalue weighted by atomic mass is 10.3. The van der Waals surface area contributed by atoms with Gasteiger partial charge in [-0.25, -0.2) is 0 Å². The number of guanidine groups is 1. The van der Waals surface area contributed by atoms with Crippen molar-refractivity contribution in [3.05, 3.63) is 60.7 Å². The summed E-state index contributed by atoms with van der Waals surface area (Å²) in [5, 5.41) is 6.53. The van der Waals surface area contributed by atoms with Crippen molar-refractivity contribution in [3.63, 3.8) is 0 Å². The standard InChI is InChI=1S/C15H17N3S.BrH/c19-12-11-16-15(17-13-7-3-1-4-8-13)18-14-9-5-2-6-10-14;/h1-10,19H,11-12H2,(H2,16,17,18);1H. The summed E-state index contributed by atoms with van der Waals surface area (Å²) in [4.78, 5) is 4.45. The van der Waals surface area contributed by atoms with E-state index < -0.39 is 0 Å². The third-order valence-corrected chi connectivity index (χ3v) is 2.64. The van der Waals surface area contributed by atoms with Crippen LogP contribution in [0.5, 0.6) is 0 Å². The van der Waals surface area contributed by atoms with Gasteiger partial charge in [0.25, 0.3) is 0 Å². The van der Waals surface area contributed by atoms with Gasteiger partial charge < -0.3 is 10.6 Å². The first-order valence-corrected chi connectivity index (χ1v) is 6.81. The van der Waals surface area contributed by atoms with Crippen molar-refractivity contribution in [2.45, 2.75) is 0 Å². The summed E-state index contributed by atoms with van der Waals surface area (Å²) in [5.74, 6) is 1.45. The second kappa shape index (κ2) is 9.44. The molecule has 0 amide bonds. The quantitative estimate of drug-likeness (QED) is 0.441. The number of thiol groups is 1. The van der Waals surface area contributed by atoms with E-state index in [0.717, 1.165) is 23.1 Å². The first kappa shape index (κ1) is 16.6. The molecule has 0 heterocycles. The Morgan fingerprint density at radius 1 is 0.850 bits per heavy atom. The fourth-order valence-electron chi connectivity index (χ4n) is 1.59. The van der Waals surface area contributed by atoms with Crippen molar-refractivity contribution in [2.75, 3.05) is 22.9 Å². The van der Waals surface area contributed by atoms with Crippen LogP contribution in [-0.2, 0) is 0 Å². The van der Waals surface area contributed by atoms with Crippen LogP contribution in [0, 0.1) is 0 Å². The molecule has 2 N–H and O–H groups in total. The molecule has 2 aromatic rings. The summed E-state index contributed by atoms with van der Waals surface area (Å²) in [6.07, 6.45) is 0. The Morgan fingerprint density at radius 2 is 1.30 bits per heavy atom. The van der Waals surface area contributed by atoms with Crippen LogP contribution in [0.1, 0.15) is 0 Å². The van der Waals surface area contributed by atoms with E-state index in [1.54, 1.807) is 0 Å². The zero-order valence-electron chi connectivity index (χ0n) is 11.0. The number of halogens is 1. The minimum atomic E-state index is 0. The van der Waals surface area contributed by atoms with Gasteiger partial charge in [0, 0.05) is 17.1 Å². The number of rotatable bonds is 4. The normalized spacial score (nSPS) is 9.25. The van der Waals surface area contributed by atoms with Gasteiger partial charge in [-0.2, -0.15) is 12.6 Å². The molecular formula is C15H18BrN3S. The smallest absolute Gasteiger partial charge is 0.200 e. The summed E-state index contributed by atoms with van der Waals surface area (Å²) >= 11 is 4.19. The molecule has 3 nitrogen and oxygen atoms in total. The van der Waals surface area contributed by atoms with Crippen molar-refractivity contribution < 1.29 is 0 Å². The van der Waals surface area contributed by atoms with Gasteiger partial charge in [-0.05, 0) is 24.3 Å². The first-order valence-electron chi connectivity index (χ1n) is 6.18. The van der Waals surface area contributed by atoms with Crippen molar-refractivity contribution in [1.82, 2.24) is 0 Å². The second-order valence-corrected chi connectivity index (χ2v) is 4.38. The molecular weight excluding hydrogens is 334 g/mol. The van der Waals surface area contributed by atoms with Gasteiger partial charge in [0.2, 0.25) is 0 Å². The Balaban J connectivity index is 0.00000200. The summed E-state index contributed by atoms with van der Waals surface area (Å²) in [6, 6.07) is 19.9. The van der Waals surface area contributed by atoms with E-state index in [1.165, 1.54) is 0 Å². The van der Waals surface area contributed by atoms with Gasteiger partial charge in [0.05, 0.1) is 6.54 Å². The number of nitrogens with one attached hydrogen (secondary N) is 2. The highest BCUT2D eigenvalue weighted by Gasteiger charge is 2.00. The van der Waals surface area contributed by atoms with Gasteiger partial charge >= 0.3 is 0 Å². The Hall–Kier alpha value is -1.46. The molecule has 0 aliphatic rings. The maximum Gasteiger partial charge on any atom is 0.200 e. The van der Waals surface area contributed by atoms with Crippen LogP contribution in [0.3, 0.4) is 0 Å². The third kappa shape index (κ3) is 5.67. The van der Waals surface area contributed by atoms with Crippen molar-refractivity contribution in [2.24, 2.45) is 4.99 Å². The molecule has 2 rings (SSSR count). The van der Waals surface area contributed by atoms with E-state index in [4.69, 9.17) is 0 Å². The molecule has 0 atom stereocenters. The molecule has 0 spiro atoms. The summed E-state index contributed by atoms with van der Waals surface area (Å²) in [6.45, 7) is 0.665. The summed E-state index contributed by atoms with van der Waals surface area (Å²) in [7, 11) is 0. The van der Waals surface area contributed by atoms with E-state index >= 15 is 0 Å². The van der Waals surface area contributed by atoms with E-state index in [-0.39, 0.29) is 17.0 Å². The number of para-hydroxylation sites is 2. The molecule has 0 radical (unpaired) electrons. The van der Waals surface area contributed by atoms with Crippen LogP contribution in [-0.4, -0.2) is 18.3 Å².